The van der Waals surface area contributed by atoms with Crippen LogP contribution in [0.4, 0.5) is 0 Å². The Morgan fingerprint density at radius 2 is 1.93 bits per heavy atom. The molecule has 2 rings (SSSR count). The first-order chi connectivity index (χ1) is 13.4. The summed E-state index contributed by atoms with van der Waals surface area (Å²) in [6.07, 6.45) is 4.75. The molecule has 0 aromatic heterocycles. The molecule has 0 fully saturated rings. The van der Waals surface area contributed by atoms with E-state index in [0.29, 0.717) is 36.7 Å². The normalized spacial score (nSPS) is 11.7. The maximum atomic E-state index is 11.5. The van der Waals surface area contributed by atoms with Crippen LogP contribution in [-0.2, 0) is 6.54 Å². The molecule has 0 amide bonds. The summed E-state index contributed by atoms with van der Waals surface area (Å²) in [7, 11) is 1.51. The third-order valence-electron chi connectivity index (χ3n) is 4.31. The summed E-state index contributed by atoms with van der Waals surface area (Å²) in [5.41, 5.74) is 2.88. The van der Waals surface area contributed by atoms with Crippen molar-refractivity contribution in [1.82, 2.24) is 4.90 Å². The van der Waals surface area contributed by atoms with Crippen LogP contribution >= 0.6 is 0 Å². The van der Waals surface area contributed by atoms with Crippen molar-refractivity contribution in [3.05, 3.63) is 59.2 Å². The fraction of sp³-hybridized carbons (Fsp3) is 0.348. The molecule has 5 heteroatoms. The van der Waals surface area contributed by atoms with Crippen LogP contribution in [0, 0.1) is 19.3 Å². The Morgan fingerprint density at radius 3 is 2.54 bits per heavy atom. The zero-order valence-electron chi connectivity index (χ0n) is 16.6. The van der Waals surface area contributed by atoms with E-state index in [2.05, 4.69) is 30.2 Å². The minimum absolute atomic E-state index is 0.0501. The number of aliphatic hydroxyl groups excluding tert-OH is 1. The first-order valence-electron chi connectivity index (χ1n) is 9.14. The second-order valence-electron chi connectivity index (χ2n) is 6.75. The van der Waals surface area contributed by atoms with E-state index in [1.54, 1.807) is 18.2 Å². The Kier molecular flexibility index (Phi) is 8.06. The number of ketones is 1. The molecule has 0 saturated carbocycles. The lowest BCUT2D eigenvalue weighted by molar-refractivity contribution is 0.0692. The summed E-state index contributed by atoms with van der Waals surface area (Å²) >= 11 is 0. The molecule has 148 valence electrons. The number of methoxy groups -OCH3 is 1. The molecular weight excluding hydrogens is 354 g/mol. The number of carbonyl (C=O) groups excluding carboxylic acids is 1. The number of ether oxygens (including phenoxy) is 2. The first kappa shape index (κ1) is 21.5. The number of benzene rings is 2. The molecule has 1 unspecified atom stereocenters. The van der Waals surface area contributed by atoms with Crippen LogP contribution in [0.25, 0.3) is 0 Å². The predicted octanol–water partition coefficient (Wildman–Crippen LogP) is 3.08. The average molecular weight is 381 g/mol. The highest BCUT2D eigenvalue weighted by Gasteiger charge is 2.14. The van der Waals surface area contributed by atoms with E-state index in [-0.39, 0.29) is 12.4 Å². The van der Waals surface area contributed by atoms with Crippen molar-refractivity contribution < 1.29 is 19.4 Å². The number of nitrogens with zero attached hydrogens (tertiary/aromatic N) is 1. The number of aliphatic hydroxyl groups is 1. The van der Waals surface area contributed by atoms with E-state index < -0.39 is 6.10 Å². The summed E-state index contributed by atoms with van der Waals surface area (Å²) in [6.45, 7) is 5.09. The van der Waals surface area contributed by atoms with Gasteiger partial charge in [0, 0.05) is 18.7 Å². The third kappa shape index (κ3) is 6.41. The van der Waals surface area contributed by atoms with Crippen molar-refractivity contribution in [3.63, 3.8) is 0 Å². The Morgan fingerprint density at radius 1 is 1.21 bits per heavy atom. The lowest BCUT2D eigenvalue weighted by Crippen LogP contribution is -2.35. The zero-order valence-corrected chi connectivity index (χ0v) is 16.6. The van der Waals surface area contributed by atoms with Crippen molar-refractivity contribution in [1.29, 1.82) is 0 Å². The third-order valence-corrected chi connectivity index (χ3v) is 4.31. The van der Waals surface area contributed by atoms with Crippen molar-refractivity contribution in [2.24, 2.45) is 0 Å². The molecule has 0 heterocycles. The van der Waals surface area contributed by atoms with Crippen LogP contribution in [0.5, 0.6) is 11.5 Å². The first-order valence-corrected chi connectivity index (χ1v) is 9.14. The summed E-state index contributed by atoms with van der Waals surface area (Å²) in [5.74, 6) is 3.52. The van der Waals surface area contributed by atoms with Gasteiger partial charge in [0.05, 0.1) is 13.7 Å². The quantitative estimate of drug-likeness (QED) is 0.506. The van der Waals surface area contributed by atoms with Gasteiger partial charge in [-0.15, -0.1) is 6.42 Å². The lowest BCUT2D eigenvalue weighted by atomic mass is 10.1. The Labute approximate surface area is 166 Å². The molecule has 0 spiro atoms. The van der Waals surface area contributed by atoms with Gasteiger partial charge in [-0.05, 0) is 37.6 Å². The number of hydrogen-bond donors (Lipinski definition) is 1. The van der Waals surface area contributed by atoms with Gasteiger partial charge in [0.25, 0.3) is 0 Å². The van der Waals surface area contributed by atoms with Gasteiger partial charge in [-0.2, -0.15) is 0 Å². The van der Waals surface area contributed by atoms with Gasteiger partial charge in [-0.3, -0.25) is 9.69 Å². The molecule has 0 aliphatic carbocycles. The molecule has 1 atom stereocenters. The fourth-order valence-electron chi connectivity index (χ4n) is 2.81. The highest BCUT2D eigenvalue weighted by molar-refractivity contribution is 5.94. The highest BCUT2D eigenvalue weighted by Crippen LogP contribution is 2.28. The van der Waals surface area contributed by atoms with Crippen LogP contribution in [-0.4, -0.2) is 48.7 Å². The van der Waals surface area contributed by atoms with Gasteiger partial charge in [-0.1, -0.05) is 35.7 Å². The lowest BCUT2D eigenvalue weighted by Gasteiger charge is -2.23. The Balaban J connectivity index is 1.95. The fourth-order valence-corrected chi connectivity index (χ4v) is 2.81. The molecule has 0 saturated heterocycles. The molecule has 5 nitrogen and oxygen atoms in total. The van der Waals surface area contributed by atoms with Crippen LogP contribution in [0.15, 0.2) is 42.5 Å². The molecule has 28 heavy (non-hydrogen) atoms. The standard InChI is InChI=1S/C23H27NO4/c1-5-12-24(14-19-8-6-17(2)7-9-19)15-21(26)16-28-22-11-10-20(18(3)25)13-23(22)27-4/h1,6-11,13,21,26H,12,14-16H2,2-4H3. The minimum atomic E-state index is -0.726. The number of aryl methyl sites for hydroxylation is 1. The van der Waals surface area contributed by atoms with E-state index in [0.717, 1.165) is 5.56 Å². The molecule has 2 aromatic rings. The highest BCUT2D eigenvalue weighted by atomic mass is 16.5. The van der Waals surface area contributed by atoms with Gasteiger partial charge in [-0.25, -0.2) is 0 Å². The molecule has 0 radical (unpaired) electrons. The van der Waals surface area contributed by atoms with E-state index >= 15 is 0 Å². The SMILES string of the molecule is C#CCN(Cc1ccc(C)cc1)CC(O)COc1ccc(C(C)=O)cc1OC. The topological polar surface area (TPSA) is 59.0 Å². The smallest absolute Gasteiger partial charge is 0.161 e. The maximum absolute atomic E-state index is 11.5. The average Bonchev–Trinajstić information content (AvgIpc) is 2.68. The maximum Gasteiger partial charge on any atom is 0.161 e. The van der Waals surface area contributed by atoms with E-state index in [1.807, 2.05) is 11.8 Å². The van der Waals surface area contributed by atoms with E-state index in [1.165, 1.54) is 19.6 Å². The molecule has 0 aliphatic rings. The number of hydrogen-bond acceptors (Lipinski definition) is 5. The monoisotopic (exact) mass is 381 g/mol. The largest absolute Gasteiger partial charge is 0.493 e. The van der Waals surface area contributed by atoms with Gasteiger partial charge < -0.3 is 14.6 Å². The van der Waals surface area contributed by atoms with E-state index in [9.17, 15) is 9.90 Å². The van der Waals surface area contributed by atoms with Gasteiger partial charge in [0.1, 0.15) is 12.7 Å². The minimum Gasteiger partial charge on any atom is -0.493 e. The number of Topliss-reactive ketones (excluding diaryl/α,β-unsaturated/α-hetero) is 1. The molecule has 1 N–H and O–H groups in total. The second kappa shape index (κ2) is 10.5. The van der Waals surface area contributed by atoms with Crippen LogP contribution in [0.2, 0.25) is 0 Å². The number of rotatable bonds is 10. The Bertz CT molecular complexity index is 823. The summed E-state index contributed by atoms with van der Waals surface area (Å²) in [4.78, 5) is 13.5. The van der Waals surface area contributed by atoms with Crippen molar-refractivity contribution >= 4 is 5.78 Å². The second-order valence-corrected chi connectivity index (χ2v) is 6.75. The summed E-state index contributed by atoms with van der Waals surface area (Å²) < 4.78 is 11.0. The van der Waals surface area contributed by atoms with Crippen LogP contribution in [0.1, 0.15) is 28.4 Å². The van der Waals surface area contributed by atoms with Crippen LogP contribution < -0.4 is 9.47 Å². The van der Waals surface area contributed by atoms with Gasteiger partial charge in [0.15, 0.2) is 17.3 Å². The summed E-state index contributed by atoms with van der Waals surface area (Å²) in [6, 6.07) is 13.2. The molecule has 0 aliphatic heterocycles. The predicted molar refractivity (Wildman–Crippen MR) is 110 cm³/mol. The molecule has 0 bridgehead atoms. The van der Waals surface area contributed by atoms with Gasteiger partial charge >= 0.3 is 0 Å². The van der Waals surface area contributed by atoms with Crippen molar-refractivity contribution in [2.75, 3.05) is 26.8 Å². The van der Waals surface area contributed by atoms with Crippen molar-refractivity contribution in [3.8, 4) is 23.8 Å². The van der Waals surface area contributed by atoms with Crippen LogP contribution in [0.3, 0.4) is 0 Å². The zero-order chi connectivity index (χ0) is 20.5. The summed E-state index contributed by atoms with van der Waals surface area (Å²) in [5, 5.41) is 10.4. The molecule has 2 aromatic carbocycles. The van der Waals surface area contributed by atoms with Crippen molar-refractivity contribution in [2.45, 2.75) is 26.5 Å². The number of terminal acetylenes is 1. The molecular formula is C23H27NO4. The Hall–Kier alpha value is -2.81. The van der Waals surface area contributed by atoms with Gasteiger partial charge in [0.2, 0.25) is 0 Å². The van der Waals surface area contributed by atoms with E-state index in [4.69, 9.17) is 15.9 Å². The number of carbonyl (C=O) groups is 1.